The van der Waals surface area contributed by atoms with Crippen molar-refractivity contribution in [3.8, 4) is 0 Å². The van der Waals surface area contributed by atoms with Gasteiger partial charge in [0.15, 0.2) is 0 Å². The summed E-state index contributed by atoms with van der Waals surface area (Å²) in [5.41, 5.74) is 0. The summed E-state index contributed by atoms with van der Waals surface area (Å²) in [6.07, 6.45) is -0.652. The minimum atomic E-state index is -0.652. The Kier molecular flexibility index (Phi) is 11.6. The summed E-state index contributed by atoms with van der Waals surface area (Å²) >= 11 is 0. The van der Waals surface area contributed by atoms with Gasteiger partial charge in [-0.2, -0.15) is 0 Å². The maximum Gasteiger partial charge on any atom is 0.0793 e. The Hall–Kier alpha value is -0.280. The highest BCUT2D eigenvalue weighted by molar-refractivity contribution is 4.69. The van der Waals surface area contributed by atoms with E-state index in [0.717, 1.165) is 0 Å². The average Bonchev–Trinajstić information content (AvgIpc) is 2.30. The Morgan fingerprint density at radius 2 is 0.889 bits per heavy atom. The Balaban J connectivity index is 4.05. The minimum Gasteiger partial charge on any atom is -0.395 e. The molecule has 7 nitrogen and oxygen atoms in total. The maximum atomic E-state index is 9.89. The zero-order chi connectivity index (χ0) is 13.8. The lowest BCUT2D eigenvalue weighted by atomic mass is 10.3. The fourth-order valence-electron chi connectivity index (χ4n) is 1.81. The van der Waals surface area contributed by atoms with Gasteiger partial charge in [-0.3, -0.25) is 9.80 Å². The molecule has 0 rings (SSSR count). The zero-order valence-electron chi connectivity index (χ0n) is 10.8. The molecular formula is C11H26N2O5. The molecular weight excluding hydrogens is 240 g/mol. The van der Waals surface area contributed by atoms with E-state index in [9.17, 15) is 5.11 Å². The van der Waals surface area contributed by atoms with Gasteiger partial charge in [-0.05, 0) is 0 Å². The highest BCUT2D eigenvalue weighted by Gasteiger charge is 2.14. The summed E-state index contributed by atoms with van der Waals surface area (Å²) in [5.74, 6) is 0. The van der Waals surface area contributed by atoms with Crippen molar-refractivity contribution in [3.63, 3.8) is 0 Å². The minimum absolute atomic E-state index is 0.0241. The van der Waals surface area contributed by atoms with Gasteiger partial charge in [-0.15, -0.1) is 0 Å². The van der Waals surface area contributed by atoms with E-state index in [-0.39, 0.29) is 26.4 Å². The van der Waals surface area contributed by atoms with Gasteiger partial charge in [0.25, 0.3) is 0 Å². The first kappa shape index (κ1) is 17.7. The summed E-state index contributed by atoms with van der Waals surface area (Å²) in [4.78, 5) is 3.53. The van der Waals surface area contributed by atoms with Gasteiger partial charge in [0.1, 0.15) is 0 Å². The molecule has 0 radical (unpaired) electrons. The van der Waals surface area contributed by atoms with Crippen LogP contribution in [0.2, 0.25) is 0 Å². The summed E-state index contributed by atoms with van der Waals surface area (Å²) in [5, 5.41) is 45.3. The SMILES string of the molecule is OCCN(CCO)CC(O)CN(CCO)CCO. The molecule has 110 valence electrons. The van der Waals surface area contributed by atoms with E-state index in [1.54, 1.807) is 9.80 Å². The monoisotopic (exact) mass is 266 g/mol. The molecule has 0 fully saturated rings. The van der Waals surface area contributed by atoms with E-state index in [2.05, 4.69) is 0 Å². The van der Waals surface area contributed by atoms with Crippen LogP contribution in [0.15, 0.2) is 0 Å². The quantitative estimate of drug-likeness (QED) is 0.255. The Morgan fingerprint density at radius 1 is 0.611 bits per heavy atom. The molecule has 0 saturated carbocycles. The fraction of sp³-hybridized carbons (Fsp3) is 1.00. The standard InChI is InChI=1S/C11H26N2O5/c14-5-1-12(2-6-15)9-11(18)10-13(3-7-16)4-8-17/h11,14-18H,1-10H2. The molecule has 18 heavy (non-hydrogen) atoms. The smallest absolute Gasteiger partial charge is 0.0793 e. The molecule has 0 aliphatic rings. The van der Waals surface area contributed by atoms with E-state index >= 15 is 0 Å². The van der Waals surface area contributed by atoms with Gasteiger partial charge in [-0.25, -0.2) is 0 Å². The van der Waals surface area contributed by atoms with Crippen LogP contribution >= 0.6 is 0 Å². The second-order valence-corrected chi connectivity index (χ2v) is 4.15. The molecule has 0 spiro atoms. The highest BCUT2D eigenvalue weighted by atomic mass is 16.3. The van der Waals surface area contributed by atoms with Crippen molar-refractivity contribution in [2.45, 2.75) is 6.10 Å². The van der Waals surface area contributed by atoms with Gasteiger partial charge >= 0.3 is 0 Å². The molecule has 0 aliphatic heterocycles. The predicted molar refractivity (Wildman–Crippen MR) is 67.2 cm³/mol. The highest BCUT2D eigenvalue weighted by Crippen LogP contribution is 1.97. The van der Waals surface area contributed by atoms with Crippen LogP contribution in [0.1, 0.15) is 0 Å². The van der Waals surface area contributed by atoms with Crippen LogP contribution in [0.4, 0.5) is 0 Å². The van der Waals surface area contributed by atoms with Crippen molar-refractivity contribution in [1.29, 1.82) is 0 Å². The Morgan fingerprint density at radius 3 is 1.11 bits per heavy atom. The van der Waals surface area contributed by atoms with Gasteiger partial charge < -0.3 is 25.5 Å². The van der Waals surface area contributed by atoms with Crippen LogP contribution in [0.5, 0.6) is 0 Å². The normalized spacial score (nSPS) is 12.0. The molecule has 0 aromatic rings. The molecule has 0 bridgehead atoms. The van der Waals surface area contributed by atoms with Crippen molar-refractivity contribution in [2.75, 3.05) is 65.7 Å². The molecule has 0 atom stereocenters. The second kappa shape index (κ2) is 11.8. The van der Waals surface area contributed by atoms with E-state index in [1.165, 1.54) is 0 Å². The van der Waals surface area contributed by atoms with Gasteiger partial charge in [0.2, 0.25) is 0 Å². The van der Waals surface area contributed by atoms with E-state index in [4.69, 9.17) is 20.4 Å². The third-order valence-corrected chi connectivity index (χ3v) is 2.60. The number of rotatable bonds is 12. The van der Waals surface area contributed by atoms with E-state index < -0.39 is 6.10 Å². The lowest BCUT2D eigenvalue weighted by Crippen LogP contribution is -2.43. The third kappa shape index (κ3) is 8.76. The topological polar surface area (TPSA) is 108 Å². The Labute approximate surface area is 108 Å². The molecule has 7 heteroatoms. The van der Waals surface area contributed by atoms with Crippen molar-refractivity contribution in [1.82, 2.24) is 9.80 Å². The predicted octanol–water partition coefficient (Wildman–Crippen LogP) is -3.08. The largest absolute Gasteiger partial charge is 0.395 e. The lowest BCUT2D eigenvalue weighted by molar-refractivity contribution is 0.0502. The fourth-order valence-corrected chi connectivity index (χ4v) is 1.81. The summed E-state index contributed by atoms with van der Waals surface area (Å²) in [6.45, 7) is 2.19. The number of aliphatic hydroxyl groups is 5. The summed E-state index contributed by atoms with van der Waals surface area (Å²) < 4.78 is 0. The van der Waals surface area contributed by atoms with Crippen LogP contribution in [-0.2, 0) is 0 Å². The van der Waals surface area contributed by atoms with Crippen molar-refractivity contribution in [2.24, 2.45) is 0 Å². The molecule has 0 amide bonds. The molecule has 0 aromatic heterocycles. The average molecular weight is 266 g/mol. The van der Waals surface area contributed by atoms with Gasteiger partial charge in [0, 0.05) is 39.3 Å². The number of hydrogen-bond donors (Lipinski definition) is 5. The Bertz CT molecular complexity index is 155. The van der Waals surface area contributed by atoms with Crippen LogP contribution in [0, 0.1) is 0 Å². The van der Waals surface area contributed by atoms with Crippen molar-refractivity contribution >= 4 is 0 Å². The number of nitrogens with zero attached hydrogens (tertiary/aromatic N) is 2. The van der Waals surface area contributed by atoms with E-state index in [1.807, 2.05) is 0 Å². The van der Waals surface area contributed by atoms with E-state index in [0.29, 0.717) is 39.3 Å². The van der Waals surface area contributed by atoms with Gasteiger partial charge in [0.05, 0.1) is 32.5 Å². The van der Waals surface area contributed by atoms with Crippen LogP contribution < -0.4 is 0 Å². The third-order valence-electron chi connectivity index (χ3n) is 2.60. The number of aliphatic hydroxyl groups excluding tert-OH is 5. The van der Waals surface area contributed by atoms with Crippen LogP contribution in [-0.4, -0.2) is 107 Å². The van der Waals surface area contributed by atoms with Crippen LogP contribution in [0.3, 0.4) is 0 Å². The van der Waals surface area contributed by atoms with Crippen molar-refractivity contribution < 1.29 is 25.5 Å². The number of hydrogen-bond acceptors (Lipinski definition) is 7. The van der Waals surface area contributed by atoms with Crippen molar-refractivity contribution in [3.05, 3.63) is 0 Å². The summed E-state index contributed by atoms with van der Waals surface area (Å²) in [7, 11) is 0. The maximum absolute atomic E-state index is 9.89. The lowest BCUT2D eigenvalue weighted by Gasteiger charge is -2.27. The molecule has 0 unspecified atom stereocenters. The molecule has 0 aliphatic carbocycles. The van der Waals surface area contributed by atoms with Gasteiger partial charge in [-0.1, -0.05) is 0 Å². The second-order valence-electron chi connectivity index (χ2n) is 4.15. The molecule has 0 heterocycles. The van der Waals surface area contributed by atoms with Crippen LogP contribution in [0.25, 0.3) is 0 Å². The molecule has 0 saturated heterocycles. The first-order chi connectivity index (χ1) is 8.67. The first-order valence-corrected chi connectivity index (χ1v) is 6.24. The zero-order valence-corrected chi connectivity index (χ0v) is 10.8. The molecule has 0 aromatic carbocycles. The summed E-state index contributed by atoms with van der Waals surface area (Å²) in [6, 6.07) is 0. The first-order valence-electron chi connectivity index (χ1n) is 6.24. The molecule has 5 N–H and O–H groups in total.